The highest BCUT2D eigenvalue weighted by Crippen LogP contribution is 2.32. The topological polar surface area (TPSA) is 12.0 Å². The molecule has 3 heteroatoms. The van der Waals surface area contributed by atoms with Crippen molar-refractivity contribution in [1.82, 2.24) is 5.32 Å². The summed E-state index contributed by atoms with van der Waals surface area (Å²) in [7, 11) is 1.88. The van der Waals surface area contributed by atoms with E-state index in [2.05, 4.69) is 24.4 Å². The van der Waals surface area contributed by atoms with Crippen molar-refractivity contribution in [1.29, 1.82) is 0 Å². The smallest absolute Gasteiger partial charge is 0.162 e. The van der Waals surface area contributed by atoms with Crippen molar-refractivity contribution < 1.29 is 8.78 Å². The predicted octanol–water partition coefficient (Wildman–Crippen LogP) is 4.07. The molecule has 0 spiro atoms. The third-order valence-corrected chi connectivity index (χ3v) is 4.14. The fraction of sp³-hybridized carbons (Fsp3) is 0.333. The second-order valence-corrected chi connectivity index (χ2v) is 5.42. The summed E-state index contributed by atoms with van der Waals surface area (Å²) in [6.07, 6.45) is 1.31. The molecule has 0 aliphatic rings. The zero-order valence-corrected chi connectivity index (χ0v) is 12.5. The van der Waals surface area contributed by atoms with Gasteiger partial charge in [0, 0.05) is 12.0 Å². The van der Waals surface area contributed by atoms with E-state index in [1.54, 1.807) is 12.1 Å². The average molecular weight is 289 g/mol. The minimum Gasteiger partial charge on any atom is -0.319 e. The number of halogens is 2. The molecule has 21 heavy (non-hydrogen) atoms. The van der Waals surface area contributed by atoms with Crippen LogP contribution in [0, 0.1) is 11.6 Å². The molecule has 1 unspecified atom stereocenters. The second-order valence-electron chi connectivity index (χ2n) is 5.42. The average Bonchev–Trinajstić information content (AvgIpc) is 2.52. The van der Waals surface area contributed by atoms with Crippen molar-refractivity contribution >= 4 is 0 Å². The van der Waals surface area contributed by atoms with Gasteiger partial charge in [-0.05, 0) is 37.1 Å². The first kappa shape index (κ1) is 15.6. The number of likely N-dealkylation sites (N-methyl/N-ethyl adjacent to an activating group) is 1. The Bertz CT molecular complexity index is 583. The maximum absolute atomic E-state index is 14.0. The molecule has 2 rings (SSSR count). The van der Waals surface area contributed by atoms with Gasteiger partial charge in [-0.1, -0.05) is 49.4 Å². The highest BCUT2D eigenvalue weighted by Gasteiger charge is 2.31. The lowest BCUT2D eigenvalue weighted by molar-refractivity contribution is 0.380. The van der Waals surface area contributed by atoms with Crippen molar-refractivity contribution in [2.75, 3.05) is 13.6 Å². The lowest BCUT2D eigenvalue weighted by Crippen LogP contribution is -2.38. The first-order valence-corrected chi connectivity index (χ1v) is 7.26. The van der Waals surface area contributed by atoms with Crippen LogP contribution in [0.5, 0.6) is 0 Å². The van der Waals surface area contributed by atoms with E-state index < -0.39 is 11.6 Å². The molecule has 0 fully saturated rings. The molecule has 2 aromatic rings. The molecule has 1 N–H and O–H groups in total. The monoisotopic (exact) mass is 289 g/mol. The largest absolute Gasteiger partial charge is 0.319 e. The Kier molecular flexibility index (Phi) is 5.07. The Labute approximate surface area is 125 Å². The summed E-state index contributed by atoms with van der Waals surface area (Å²) >= 11 is 0. The molecule has 1 nitrogen and oxygen atoms in total. The molecule has 1 atom stereocenters. The molecule has 0 aliphatic carbocycles. The maximum Gasteiger partial charge on any atom is 0.162 e. The first-order chi connectivity index (χ1) is 10.1. The fourth-order valence-corrected chi connectivity index (χ4v) is 2.90. The van der Waals surface area contributed by atoms with Crippen LogP contribution in [0.2, 0.25) is 0 Å². The third-order valence-electron chi connectivity index (χ3n) is 4.14. The lowest BCUT2D eigenvalue weighted by atomic mass is 9.73. The van der Waals surface area contributed by atoms with Gasteiger partial charge in [-0.25, -0.2) is 8.78 Å². The quantitative estimate of drug-likeness (QED) is 0.845. The molecule has 0 aliphatic heterocycles. The summed E-state index contributed by atoms with van der Waals surface area (Å²) in [6.45, 7) is 2.80. The SMILES string of the molecule is CCC(CNC)(Cc1cccc(F)c1F)c1ccccc1. The zero-order valence-electron chi connectivity index (χ0n) is 12.5. The van der Waals surface area contributed by atoms with Crippen LogP contribution in [-0.4, -0.2) is 13.6 Å². The van der Waals surface area contributed by atoms with Gasteiger partial charge in [0.2, 0.25) is 0 Å². The van der Waals surface area contributed by atoms with Crippen LogP contribution in [0.3, 0.4) is 0 Å². The van der Waals surface area contributed by atoms with Gasteiger partial charge < -0.3 is 5.32 Å². The summed E-state index contributed by atoms with van der Waals surface area (Å²) < 4.78 is 27.5. The van der Waals surface area contributed by atoms with E-state index in [-0.39, 0.29) is 5.41 Å². The molecule has 0 heterocycles. The van der Waals surface area contributed by atoms with Crippen LogP contribution in [0.1, 0.15) is 24.5 Å². The molecule has 112 valence electrons. The molecule has 0 amide bonds. The fourth-order valence-electron chi connectivity index (χ4n) is 2.90. The van der Waals surface area contributed by atoms with Gasteiger partial charge in [-0.2, -0.15) is 0 Å². The zero-order chi connectivity index (χ0) is 15.3. The number of hydrogen-bond donors (Lipinski definition) is 1. The molecule has 2 aromatic carbocycles. The summed E-state index contributed by atoms with van der Waals surface area (Å²) in [5.74, 6) is -1.52. The molecular weight excluding hydrogens is 268 g/mol. The standard InChI is InChI=1S/C18H21F2N/c1-3-18(13-21-2,15-9-5-4-6-10-15)12-14-8-7-11-16(19)17(14)20/h4-11,21H,3,12-13H2,1-2H3. The molecular formula is C18H21F2N. The van der Waals surface area contributed by atoms with Gasteiger partial charge in [0.1, 0.15) is 0 Å². The Morgan fingerprint density at radius 3 is 2.33 bits per heavy atom. The normalized spacial score (nSPS) is 13.9. The third kappa shape index (κ3) is 3.30. The van der Waals surface area contributed by atoms with Crippen LogP contribution in [-0.2, 0) is 11.8 Å². The molecule has 0 aromatic heterocycles. The molecule has 0 bridgehead atoms. The van der Waals surface area contributed by atoms with Gasteiger partial charge in [-0.3, -0.25) is 0 Å². The Morgan fingerprint density at radius 2 is 1.71 bits per heavy atom. The van der Waals surface area contributed by atoms with Crippen LogP contribution in [0.4, 0.5) is 8.78 Å². The molecule has 0 saturated carbocycles. The summed E-state index contributed by atoms with van der Waals surface area (Å²) in [5.41, 5.74) is 1.33. The van der Waals surface area contributed by atoms with Crippen molar-refractivity contribution in [2.45, 2.75) is 25.2 Å². The van der Waals surface area contributed by atoms with E-state index in [0.29, 0.717) is 18.5 Å². The van der Waals surface area contributed by atoms with Crippen molar-refractivity contribution in [3.63, 3.8) is 0 Å². The van der Waals surface area contributed by atoms with Gasteiger partial charge in [0.25, 0.3) is 0 Å². The van der Waals surface area contributed by atoms with Crippen LogP contribution < -0.4 is 5.32 Å². The summed E-state index contributed by atoms with van der Waals surface area (Å²) in [4.78, 5) is 0. The number of hydrogen-bond acceptors (Lipinski definition) is 1. The van der Waals surface area contributed by atoms with E-state index in [4.69, 9.17) is 0 Å². The number of rotatable bonds is 6. The first-order valence-electron chi connectivity index (χ1n) is 7.26. The van der Waals surface area contributed by atoms with E-state index >= 15 is 0 Å². The molecule has 0 saturated heterocycles. The Morgan fingerprint density at radius 1 is 1.00 bits per heavy atom. The van der Waals surface area contributed by atoms with Gasteiger partial charge in [-0.15, -0.1) is 0 Å². The van der Waals surface area contributed by atoms with E-state index in [9.17, 15) is 8.78 Å². The summed E-state index contributed by atoms with van der Waals surface area (Å²) in [5, 5.41) is 3.20. The van der Waals surface area contributed by atoms with Crippen LogP contribution in [0.15, 0.2) is 48.5 Å². The number of nitrogens with one attached hydrogen (secondary N) is 1. The van der Waals surface area contributed by atoms with Gasteiger partial charge in [0.05, 0.1) is 0 Å². The lowest BCUT2D eigenvalue weighted by Gasteiger charge is -2.34. The second kappa shape index (κ2) is 6.81. The van der Waals surface area contributed by atoms with E-state index in [1.165, 1.54) is 0 Å². The minimum absolute atomic E-state index is 0.245. The predicted molar refractivity (Wildman–Crippen MR) is 82.4 cm³/mol. The van der Waals surface area contributed by atoms with Crippen molar-refractivity contribution in [3.8, 4) is 0 Å². The number of benzene rings is 2. The van der Waals surface area contributed by atoms with Crippen molar-refractivity contribution in [2.24, 2.45) is 0 Å². The van der Waals surface area contributed by atoms with Crippen LogP contribution >= 0.6 is 0 Å². The summed E-state index contributed by atoms with van der Waals surface area (Å²) in [6, 6.07) is 14.4. The highest BCUT2D eigenvalue weighted by atomic mass is 19.2. The van der Waals surface area contributed by atoms with Crippen molar-refractivity contribution in [3.05, 3.63) is 71.3 Å². The van der Waals surface area contributed by atoms with Gasteiger partial charge >= 0.3 is 0 Å². The Hall–Kier alpha value is -1.74. The minimum atomic E-state index is -0.782. The maximum atomic E-state index is 14.0. The Balaban J connectivity index is 2.43. The van der Waals surface area contributed by atoms with E-state index in [0.717, 1.165) is 18.1 Å². The van der Waals surface area contributed by atoms with E-state index in [1.807, 2.05) is 25.2 Å². The van der Waals surface area contributed by atoms with Gasteiger partial charge in [0.15, 0.2) is 11.6 Å². The molecule has 0 radical (unpaired) electrons. The highest BCUT2D eigenvalue weighted by molar-refractivity contribution is 5.31. The van der Waals surface area contributed by atoms with Crippen LogP contribution in [0.25, 0.3) is 0 Å².